The van der Waals surface area contributed by atoms with Gasteiger partial charge in [0.1, 0.15) is 0 Å². The maximum absolute atomic E-state index is 11.8. The Morgan fingerprint density at radius 3 is 2.48 bits per heavy atom. The zero-order valence-electron chi connectivity index (χ0n) is 13.2. The summed E-state index contributed by atoms with van der Waals surface area (Å²) in [5, 5.41) is 15.0. The minimum atomic E-state index is -0.728. The number of hydrogen-bond donors (Lipinski definition) is 3. The number of aliphatic carboxylic acids is 1. The first-order valence-corrected chi connectivity index (χ1v) is 8.30. The minimum absolute atomic E-state index is 0.147. The van der Waals surface area contributed by atoms with Gasteiger partial charge >= 0.3 is 5.97 Å². The molecular formula is C16H30N2O3. The van der Waals surface area contributed by atoms with Crippen LogP contribution in [0.4, 0.5) is 0 Å². The Morgan fingerprint density at radius 2 is 1.81 bits per heavy atom. The van der Waals surface area contributed by atoms with Gasteiger partial charge in [-0.3, -0.25) is 9.59 Å². The van der Waals surface area contributed by atoms with E-state index in [1.54, 1.807) is 0 Å². The van der Waals surface area contributed by atoms with Crippen LogP contribution >= 0.6 is 0 Å². The maximum Gasteiger partial charge on any atom is 0.303 e. The molecule has 1 aliphatic carbocycles. The SMILES string of the molecule is CC(CCNCCC(=O)NC1CCCCC1)CCC(=O)O. The summed E-state index contributed by atoms with van der Waals surface area (Å²) in [6.45, 7) is 3.61. The zero-order valence-corrected chi connectivity index (χ0v) is 13.2. The van der Waals surface area contributed by atoms with Gasteiger partial charge in [0.2, 0.25) is 5.91 Å². The summed E-state index contributed by atoms with van der Waals surface area (Å²) in [5.74, 6) is -0.174. The topological polar surface area (TPSA) is 78.4 Å². The van der Waals surface area contributed by atoms with Gasteiger partial charge in [0.05, 0.1) is 0 Å². The Kier molecular flexibility index (Phi) is 9.06. The highest BCUT2D eigenvalue weighted by atomic mass is 16.4. The van der Waals surface area contributed by atoms with Crippen LogP contribution in [0.1, 0.15) is 64.7 Å². The monoisotopic (exact) mass is 298 g/mol. The van der Waals surface area contributed by atoms with E-state index in [-0.39, 0.29) is 12.3 Å². The average Bonchev–Trinajstić information content (AvgIpc) is 2.45. The normalized spacial score (nSPS) is 17.4. The van der Waals surface area contributed by atoms with Crippen molar-refractivity contribution in [2.45, 2.75) is 70.8 Å². The molecule has 0 bridgehead atoms. The summed E-state index contributed by atoms with van der Waals surface area (Å²) in [6.07, 6.45) is 8.46. The third kappa shape index (κ3) is 9.45. The summed E-state index contributed by atoms with van der Waals surface area (Å²) in [7, 11) is 0. The van der Waals surface area contributed by atoms with E-state index in [2.05, 4.69) is 17.6 Å². The lowest BCUT2D eigenvalue weighted by Gasteiger charge is -2.22. The minimum Gasteiger partial charge on any atom is -0.481 e. The van der Waals surface area contributed by atoms with E-state index >= 15 is 0 Å². The molecule has 0 spiro atoms. The Hall–Kier alpha value is -1.10. The third-order valence-electron chi connectivity index (χ3n) is 4.16. The second kappa shape index (κ2) is 10.6. The number of carbonyl (C=O) groups is 2. The third-order valence-corrected chi connectivity index (χ3v) is 4.16. The molecule has 0 aromatic carbocycles. The Bertz CT molecular complexity index is 315. The van der Waals surface area contributed by atoms with Gasteiger partial charge in [0, 0.05) is 25.4 Å². The summed E-state index contributed by atoms with van der Waals surface area (Å²) < 4.78 is 0. The lowest BCUT2D eigenvalue weighted by molar-refractivity contribution is -0.137. The van der Waals surface area contributed by atoms with Crippen LogP contribution in [0.5, 0.6) is 0 Å². The number of rotatable bonds is 10. The summed E-state index contributed by atoms with van der Waals surface area (Å²) >= 11 is 0. The molecule has 0 aromatic heterocycles. The molecule has 1 rings (SSSR count). The van der Waals surface area contributed by atoms with Crippen molar-refractivity contribution in [2.24, 2.45) is 5.92 Å². The Morgan fingerprint density at radius 1 is 1.10 bits per heavy atom. The summed E-state index contributed by atoms with van der Waals surface area (Å²) in [5.41, 5.74) is 0. The van der Waals surface area contributed by atoms with Crippen LogP contribution < -0.4 is 10.6 Å². The van der Waals surface area contributed by atoms with Gasteiger partial charge in [-0.05, 0) is 38.1 Å². The smallest absolute Gasteiger partial charge is 0.303 e. The molecule has 122 valence electrons. The number of hydrogen-bond acceptors (Lipinski definition) is 3. The van der Waals surface area contributed by atoms with E-state index < -0.39 is 5.97 Å². The van der Waals surface area contributed by atoms with Gasteiger partial charge < -0.3 is 15.7 Å². The van der Waals surface area contributed by atoms with Crippen LogP contribution in [0.15, 0.2) is 0 Å². The molecule has 1 aliphatic rings. The molecule has 1 fully saturated rings. The average molecular weight is 298 g/mol. The van der Waals surface area contributed by atoms with Crippen molar-refractivity contribution in [3.8, 4) is 0 Å². The van der Waals surface area contributed by atoms with E-state index in [9.17, 15) is 9.59 Å². The lowest BCUT2D eigenvalue weighted by Crippen LogP contribution is -2.37. The Labute approximate surface area is 127 Å². The largest absolute Gasteiger partial charge is 0.481 e. The fraction of sp³-hybridized carbons (Fsp3) is 0.875. The molecule has 5 heteroatoms. The predicted octanol–water partition coefficient (Wildman–Crippen LogP) is 2.31. The summed E-state index contributed by atoms with van der Waals surface area (Å²) in [4.78, 5) is 22.2. The standard InChI is InChI=1S/C16H30N2O3/c1-13(7-8-16(20)21)9-11-17-12-10-15(19)18-14-5-3-2-4-6-14/h13-14,17H,2-12H2,1H3,(H,18,19)(H,20,21). The highest BCUT2D eigenvalue weighted by Crippen LogP contribution is 2.17. The second-order valence-corrected chi connectivity index (χ2v) is 6.23. The van der Waals surface area contributed by atoms with E-state index in [1.807, 2.05) is 0 Å². The molecule has 0 aromatic rings. The van der Waals surface area contributed by atoms with Crippen molar-refractivity contribution in [2.75, 3.05) is 13.1 Å². The van der Waals surface area contributed by atoms with Crippen molar-refractivity contribution in [3.63, 3.8) is 0 Å². The van der Waals surface area contributed by atoms with Gasteiger partial charge in [0.15, 0.2) is 0 Å². The maximum atomic E-state index is 11.8. The first-order valence-electron chi connectivity index (χ1n) is 8.30. The van der Waals surface area contributed by atoms with Crippen LogP contribution in [-0.2, 0) is 9.59 Å². The molecule has 0 saturated heterocycles. The molecule has 1 atom stereocenters. The van der Waals surface area contributed by atoms with Crippen LogP contribution in [-0.4, -0.2) is 36.1 Å². The van der Waals surface area contributed by atoms with Crippen LogP contribution in [0.2, 0.25) is 0 Å². The van der Waals surface area contributed by atoms with E-state index in [0.717, 1.165) is 32.2 Å². The van der Waals surface area contributed by atoms with Gasteiger partial charge in [-0.15, -0.1) is 0 Å². The molecule has 0 heterocycles. The molecule has 0 radical (unpaired) electrons. The van der Waals surface area contributed by atoms with Gasteiger partial charge in [0.25, 0.3) is 0 Å². The molecule has 1 amide bonds. The second-order valence-electron chi connectivity index (χ2n) is 6.23. The predicted molar refractivity (Wildman–Crippen MR) is 83.2 cm³/mol. The highest BCUT2D eigenvalue weighted by Gasteiger charge is 2.15. The first kappa shape index (κ1) is 18.0. The fourth-order valence-corrected chi connectivity index (χ4v) is 2.74. The van der Waals surface area contributed by atoms with Crippen molar-refractivity contribution in [3.05, 3.63) is 0 Å². The number of nitrogens with one attached hydrogen (secondary N) is 2. The summed E-state index contributed by atoms with van der Waals surface area (Å²) in [6, 6.07) is 0.391. The van der Waals surface area contributed by atoms with Crippen molar-refractivity contribution >= 4 is 11.9 Å². The lowest BCUT2D eigenvalue weighted by atomic mass is 9.95. The van der Waals surface area contributed by atoms with Crippen molar-refractivity contribution in [1.29, 1.82) is 0 Å². The molecular weight excluding hydrogens is 268 g/mol. The Balaban J connectivity index is 1.95. The van der Waals surface area contributed by atoms with E-state index in [1.165, 1.54) is 19.3 Å². The number of carbonyl (C=O) groups excluding carboxylic acids is 1. The van der Waals surface area contributed by atoms with Crippen LogP contribution in [0, 0.1) is 5.92 Å². The highest BCUT2D eigenvalue weighted by molar-refractivity contribution is 5.76. The van der Waals surface area contributed by atoms with Crippen molar-refractivity contribution in [1.82, 2.24) is 10.6 Å². The van der Waals surface area contributed by atoms with E-state index in [4.69, 9.17) is 5.11 Å². The van der Waals surface area contributed by atoms with E-state index in [0.29, 0.717) is 24.9 Å². The number of carboxylic acids is 1. The molecule has 5 nitrogen and oxygen atoms in total. The van der Waals surface area contributed by atoms with Crippen LogP contribution in [0.25, 0.3) is 0 Å². The fourth-order valence-electron chi connectivity index (χ4n) is 2.74. The zero-order chi connectivity index (χ0) is 15.5. The van der Waals surface area contributed by atoms with Gasteiger partial charge in [-0.2, -0.15) is 0 Å². The van der Waals surface area contributed by atoms with Crippen LogP contribution in [0.3, 0.4) is 0 Å². The molecule has 1 unspecified atom stereocenters. The van der Waals surface area contributed by atoms with Gasteiger partial charge in [-0.1, -0.05) is 26.2 Å². The number of carboxylic acid groups (broad SMARTS) is 1. The quantitative estimate of drug-likeness (QED) is 0.541. The molecule has 21 heavy (non-hydrogen) atoms. The molecule has 0 aliphatic heterocycles. The number of amides is 1. The molecule has 1 saturated carbocycles. The van der Waals surface area contributed by atoms with Gasteiger partial charge in [-0.25, -0.2) is 0 Å². The van der Waals surface area contributed by atoms with Crippen molar-refractivity contribution < 1.29 is 14.7 Å². The first-order chi connectivity index (χ1) is 10.1. The molecule has 3 N–H and O–H groups in total.